The molecule has 0 aromatic heterocycles. The predicted molar refractivity (Wildman–Crippen MR) is 45.3 cm³/mol. The van der Waals surface area contributed by atoms with Crippen molar-refractivity contribution in [2.75, 3.05) is 13.4 Å². The number of hydrogen-bond acceptors (Lipinski definition) is 6. The maximum Gasteiger partial charge on any atom is 0.167 e. The second kappa shape index (κ2) is 4.89. The van der Waals surface area contributed by atoms with Gasteiger partial charge in [-0.05, 0) is 0 Å². The number of aliphatic hydroxyl groups is 2. The lowest BCUT2D eigenvalue weighted by Gasteiger charge is -2.17. The van der Waals surface area contributed by atoms with Crippen molar-refractivity contribution in [1.82, 2.24) is 0 Å². The molecule has 1 heterocycles. The Morgan fingerprint density at radius 3 is 2.69 bits per heavy atom. The van der Waals surface area contributed by atoms with Gasteiger partial charge < -0.3 is 19.7 Å². The van der Waals surface area contributed by atoms with Gasteiger partial charge in [0.1, 0.15) is 26.2 Å². The predicted octanol–water partition coefficient (Wildman–Crippen LogP) is -3.07. The highest BCUT2D eigenvalue weighted by atomic mass is 16.7. The number of aliphatic hydroxyl groups excluding tert-OH is 2. The third-order valence-electron chi connectivity index (χ3n) is 2.08. The van der Waals surface area contributed by atoms with Crippen molar-refractivity contribution in [2.24, 2.45) is 5.90 Å². The Bertz CT molecular complexity index is 160. The van der Waals surface area contributed by atoms with Crippen LogP contribution < -0.4 is 5.90 Å². The minimum Gasteiger partial charge on any atom is -0.394 e. The summed E-state index contributed by atoms with van der Waals surface area (Å²) in [6.07, 6.45) is -1.92. The van der Waals surface area contributed by atoms with Crippen LogP contribution in [0.25, 0.3) is 0 Å². The molecule has 76 valence electrons. The second-order valence-electron chi connectivity index (χ2n) is 2.97. The van der Waals surface area contributed by atoms with Crippen LogP contribution in [0.3, 0.4) is 0 Å². The first kappa shape index (κ1) is 10.9. The summed E-state index contributed by atoms with van der Waals surface area (Å²) in [5.41, 5.74) is 0. The van der Waals surface area contributed by atoms with Crippen molar-refractivity contribution in [1.29, 1.82) is 0 Å². The van der Waals surface area contributed by atoms with Crippen molar-refractivity contribution >= 4 is 7.85 Å². The van der Waals surface area contributed by atoms with Gasteiger partial charge in [0.2, 0.25) is 0 Å². The summed E-state index contributed by atoms with van der Waals surface area (Å²) in [5, 5.41) is 18.3. The van der Waals surface area contributed by atoms with Gasteiger partial charge in [0.15, 0.2) is 6.79 Å². The molecule has 0 spiro atoms. The quantitative estimate of drug-likeness (QED) is 0.248. The largest absolute Gasteiger partial charge is 0.394 e. The molecule has 0 amide bonds. The fraction of sp³-hybridized carbons (Fsp3) is 1.00. The number of hydrogen-bond donors (Lipinski definition) is 3. The molecule has 1 aliphatic heterocycles. The van der Waals surface area contributed by atoms with Crippen LogP contribution in [-0.4, -0.2) is 55.8 Å². The molecule has 4 N–H and O–H groups in total. The van der Waals surface area contributed by atoms with E-state index in [0.29, 0.717) is 0 Å². The van der Waals surface area contributed by atoms with Crippen LogP contribution >= 0.6 is 0 Å². The molecule has 7 heteroatoms. The third kappa shape index (κ3) is 2.40. The van der Waals surface area contributed by atoms with E-state index in [1.807, 2.05) is 0 Å². The van der Waals surface area contributed by atoms with Gasteiger partial charge in [-0.1, -0.05) is 0 Å². The number of ether oxygens (including phenoxy) is 2. The Labute approximate surface area is 76.9 Å². The lowest BCUT2D eigenvalue weighted by molar-refractivity contribution is -0.119. The summed E-state index contributed by atoms with van der Waals surface area (Å²) in [6.45, 7) is -0.331. The Morgan fingerprint density at radius 1 is 1.54 bits per heavy atom. The lowest BCUT2D eigenvalue weighted by atomic mass is 9.93. The molecule has 6 nitrogen and oxygen atoms in total. The Kier molecular flexibility index (Phi) is 4.11. The van der Waals surface area contributed by atoms with Gasteiger partial charge in [0, 0.05) is 0 Å². The molecule has 0 radical (unpaired) electrons. The molecule has 1 aliphatic rings. The third-order valence-corrected chi connectivity index (χ3v) is 2.08. The molecule has 4 atom stereocenters. The van der Waals surface area contributed by atoms with Gasteiger partial charge in [-0.3, -0.25) is 4.84 Å². The standard InChI is InChI=1S/C6H14BNO5/c7-6-5(11-2-12-8)4(10)3(1-9)13-6/h3-6,9-10H,1-2,7-8H2/t3-,4?,5+,6-/m1/s1. The molecule has 0 bridgehead atoms. The summed E-state index contributed by atoms with van der Waals surface area (Å²) < 4.78 is 10.3. The van der Waals surface area contributed by atoms with Crippen LogP contribution in [0.15, 0.2) is 0 Å². The van der Waals surface area contributed by atoms with Crippen molar-refractivity contribution in [3.8, 4) is 0 Å². The summed E-state index contributed by atoms with van der Waals surface area (Å²) in [7, 11) is 1.75. The Hall–Kier alpha value is -0.175. The van der Waals surface area contributed by atoms with E-state index < -0.39 is 18.3 Å². The normalized spacial score (nSPS) is 39.6. The fourth-order valence-corrected chi connectivity index (χ4v) is 1.43. The van der Waals surface area contributed by atoms with E-state index in [0.717, 1.165) is 0 Å². The minimum atomic E-state index is -0.838. The smallest absolute Gasteiger partial charge is 0.167 e. The molecule has 1 saturated heterocycles. The summed E-state index contributed by atoms with van der Waals surface area (Å²) >= 11 is 0. The van der Waals surface area contributed by atoms with Crippen LogP contribution in [0, 0.1) is 0 Å². The van der Waals surface area contributed by atoms with Crippen LogP contribution in [0.5, 0.6) is 0 Å². The van der Waals surface area contributed by atoms with Gasteiger partial charge >= 0.3 is 0 Å². The Balaban J connectivity index is 2.44. The first-order valence-electron chi connectivity index (χ1n) is 4.08. The van der Waals surface area contributed by atoms with Crippen LogP contribution in [0.4, 0.5) is 0 Å². The number of rotatable bonds is 4. The van der Waals surface area contributed by atoms with E-state index >= 15 is 0 Å². The monoisotopic (exact) mass is 191 g/mol. The van der Waals surface area contributed by atoms with Gasteiger partial charge in [-0.15, -0.1) is 0 Å². The van der Waals surface area contributed by atoms with Gasteiger partial charge in [0.25, 0.3) is 0 Å². The van der Waals surface area contributed by atoms with E-state index in [1.165, 1.54) is 0 Å². The first-order chi connectivity index (χ1) is 6.20. The summed E-state index contributed by atoms with van der Waals surface area (Å²) in [6, 6.07) is -0.276. The van der Waals surface area contributed by atoms with Gasteiger partial charge in [0.05, 0.1) is 12.6 Å². The van der Waals surface area contributed by atoms with Gasteiger partial charge in [-0.2, -0.15) is 0 Å². The highest BCUT2D eigenvalue weighted by Crippen LogP contribution is 2.21. The van der Waals surface area contributed by atoms with Crippen LogP contribution in [0.2, 0.25) is 0 Å². The zero-order valence-corrected chi connectivity index (χ0v) is 7.42. The summed E-state index contributed by atoms with van der Waals surface area (Å²) in [4.78, 5) is 4.22. The highest BCUT2D eigenvalue weighted by Gasteiger charge is 2.41. The molecular formula is C6H14BNO5. The molecular weight excluding hydrogens is 177 g/mol. The molecule has 0 aromatic carbocycles. The lowest BCUT2D eigenvalue weighted by Crippen LogP contribution is -2.37. The minimum absolute atomic E-state index is 0.104. The molecule has 0 saturated carbocycles. The van der Waals surface area contributed by atoms with E-state index in [2.05, 4.69) is 4.84 Å². The first-order valence-corrected chi connectivity index (χ1v) is 4.08. The zero-order valence-electron chi connectivity index (χ0n) is 7.42. The van der Waals surface area contributed by atoms with Crippen molar-refractivity contribution in [3.05, 3.63) is 0 Å². The topological polar surface area (TPSA) is 94.2 Å². The average molecular weight is 191 g/mol. The molecule has 1 unspecified atom stereocenters. The van der Waals surface area contributed by atoms with Crippen LogP contribution in [-0.2, 0) is 14.3 Å². The highest BCUT2D eigenvalue weighted by molar-refractivity contribution is 6.11. The maximum atomic E-state index is 9.54. The zero-order chi connectivity index (χ0) is 9.84. The van der Waals surface area contributed by atoms with Crippen LogP contribution in [0.1, 0.15) is 0 Å². The van der Waals surface area contributed by atoms with Crippen molar-refractivity contribution in [3.63, 3.8) is 0 Å². The van der Waals surface area contributed by atoms with E-state index in [9.17, 15) is 5.11 Å². The van der Waals surface area contributed by atoms with E-state index in [1.54, 1.807) is 7.85 Å². The van der Waals surface area contributed by atoms with Crippen molar-refractivity contribution < 1.29 is 24.5 Å². The van der Waals surface area contributed by atoms with Crippen molar-refractivity contribution in [2.45, 2.75) is 24.3 Å². The molecule has 13 heavy (non-hydrogen) atoms. The molecule has 1 rings (SSSR count). The fourth-order valence-electron chi connectivity index (χ4n) is 1.43. The molecule has 0 aromatic rings. The maximum absolute atomic E-state index is 9.54. The average Bonchev–Trinajstić information content (AvgIpc) is 2.39. The number of nitrogens with two attached hydrogens (primary N) is 1. The molecule has 0 aliphatic carbocycles. The second-order valence-corrected chi connectivity index (χ2v) is 2.97. The van der Waals surface area contributed by atoms with E-state index in [4.69, 9.17) is 20.5 Å². The Morgan fingerprint density at radius 2 is 2.23 bits per heavy atom. The van der Waals surface area contributed by atoms with Gasteiger partial charge in [-0.25, -0.2) is 5.90 Å². The molecule has 1 fully saturated rings. The summed E-state index contributed by atoms with van der Waals surface area (Å²) in [5.74, 6) is 4.77. The SMILES string of the molecule is B[C@@H]1O[C@H](CO)C(O)[C@@H]1OCON. The van der Waals surface area contributed by atoms with E-state index in [-0.39, 0.29) is 19.4 Å².